The third-order valence-corrected chi connectivity index (χ3v) is 7.91. The molecule has 0 bridgehead atoms. The van der Waals surface area contributed by atoms with E-state index in [-0.39, 0.29) is 0 Å². The number of pyridine rings is 1. The summed E-state index contributed by atoms with van der Waals surface area (Å²) in [6, 6.07) is 3.45. The molecule has 30 heavy (non-hydrogen) atoms. The normalized spacial score (nSPS) is 19.7. The van der Waals surface area contributed by atoms with Crippen LogP contribution in [-0.4, -0.2) is 71.7 Å². The molecule has 0 radical (unpaired) electrons. The molecule has 2 aromatic rings. The number of hydrogen-bond acceptors (Lipinski definition) is 6. The Morgan fingerprint density at radius 3 is 2.60 bits per heavy atom. The highest BCUT2D eigenvalue weighted by Gasteiger charge is 2.31. The first-order chi connectivity index (χ1) is 14.6. The number of aryl methyl sites for hydroxylation is 1. The lowest BCUT2D eigenvalue weighted by atomic mass is 10.2. The first kappa shape index (κ1) is 21.3. The van der Waals surface area contributed by atoms with Gasteiger partial charge in [0.05, 0.1) is 6.20 Å². The van der Waals surface area contributed by atoms with Gasteiger partial charge in [-0.3, -0.25) is 9.58 Å². The fourth-order valence-corrected chi connectivity index (χ4v) is 6.01. The summed E-state index contributed by atoms with van der Waals surface area (Å²) < 4.78 is 30.2. The summed E-state index contributed by atoms with van der Waals surface area (Å²) in [7, 11) is -3.51. The lowest BCUT2D eigenvalue weighted by Gasteiger charge is -2.29. The monoisotopic (exact) mass is 432 g/mol. The van der Waals surface area contributed by atoms with Crippen molar-refractivity contribution in [2.75, 3.05) is 44.2 Å². The Hall–Kier alpha value is -1.97. The molecule has 2 aromatic heterocycles. The maximum atomic E-state index is 13.3. The van der Waals surface area contributed by atoms with Crippen LogP contribution in [-0.2, 0) is 23.1 Å². The molecule has 8 nitrogen and oxygen atoms in total. The lowest BCUT2D eigenvalue weighted by molar-refractivity contribution is 0.285. The number of anilines is 1. The standard InChI is InChI=1S/C21H32N6O2S/c1-2-26-18-19(16-23-26)17-24-10-7-11-25(15-14-24)21-20(8-6-9-22-21)30(28,29)27-12-4-3-5-13-27/h6,8-9,16,18H,2-5,7,10-15,17H2,1H3. The number of aromatic nitrogens is 3. The number of nitrogens with zero attached hydrogens (tertiary/aromatic N) is 6. The van der Waals surface area contributed by atoms with Crippen molar-refractivity contribution in [2.24, 2.45) is 0 Å². The molecule has 2 fully saturated rings. The SMILES string of the molecule is CCn1cc(CN2CCCN(c3ncccc3S(=O)(=O)N3CCCCC3)CC2)cn1. The van der Waals surface area contributed by atoms with Crippen molar-refractivity contribution in [3.05, 3.63) is 36.3 Å². The van der Waals surface area contributed by atoms with Gasteiger partial charge in [0.1, 0.15) is 10.7 Å². The van der Waals surface area contributed by atoms with Gasteiger partial charge in [0.25, 0.3) is 0 Å². The van der Waals surface area contributed by atoms with Crippen LogP contribution in [0.3, 0.4) is 0 Å². The second-order valence-corrected chi connectivity index (χ2v) is 10.0. The van der Waals surface area contributed by atoms with Gasteiger partial charge in [-0.25, -0.2) is 13.4 Å². The second-order valence-electron chi connectivity index (χ2n) is 8.11. The molecular formula is C21H32N6O2S. The first-order valence-electron chi connectivity index (χ1n) is 11.0. The summed E-state index contributed by atoms with van der Waals surface area (Å²) in [5, 5.41) is 4.37. The molecule has 4 heterocycles. The Morgan fingerprint density at radius 2 is 1.83 bits per heavy atom. The second kappa shape index (κ2) is 9.45. The first-order valence-corrected chi connectivity index (χ1v) is 12.5. The van der Waals surface area contributed by atoms with Crippen LogP contribution in [0.1, 0.15) is 38.2 Å². The molecule has 0 unspecified atom stereocenters. The third kappa shape index (κ3) is 4.68. The number of hydrogen-bond donors (Lipinski definition) is 0. The molecule has 4 rings (SSSR count). The summed E-state index contributed by atoms with van der Waals surface area (Å²) >= 11 is 0. The highest BCUT2D eigenvalue weighted by atomic mass is 32.2. The van der Waals surface area contributed by atoms with Gasteiger partial charge < -0.3 is 4.90 Å². The zero-order chi connectivity index (χ0) is 21.0. The van der Waals surface area contributed by atoms with Crippen LogP contribution < -0.4 is 4.90 Å². The molecular weight excluding hydrogens is 400 g/mol. The van der Waals surface area contributed by atoms with E-state index in [0.717, 1.165) is 65.0 Å². The largest absolute Gasteiger partial charge is 0.354 e. The van der Waals surface area contributed by atoms with Crippen LogP contribution in [0.2, 0.25) is 0 Å². The molecule has 0 aliphatic carbocycles. The van der Waals surface area contributed by atoms with Gasteiger partial charge in [0, 0.05) is 70.3 Å². The summed E-state index contributed by atoms with van der Waals surface area (Å²) in [5.41, 5.74) is 1.22. The zero-order valence-electron chi connectivity index (χ0n) is 17.8. The molecule has 0 aromatic carbocycles. The fourth-order valence-electron chi connectivity index (χ4n) is 4.33. The molecule has 164 valence electrons. The van der Waals surface area contributed by atoms with E-state index >= 15 is 0 Å². The predicted molar refractivity (Wildman–Crippen MR) is 117 cm³/mol. The zero-order valence-corrected chi connectivity index (χ0v) is 18.6. The Labute approximate surface area is 179 Å². The lowest BCUT2D eigenvalue weighted by Crippen LogP contribution is -2.37. The van der Waals surface area contributed by atoms with Crippen molar-refractivity contribution in [2.45, 2.75) is 50.6 Å². The van der Waals surface area contributed by atoms with Gasteiger partial charge in [-0.1, -0.05) is 6.42 Å². The Morgan fingerprint density at radius 1 is 1.00 bits per heavy atom. The van der Waals surface area contributed by atoms with Gasteiger partial charge in [0.15, 0.2) is 0 Å². The molecule has 9 heteroatoms. The number of sulfonamides is 1. The fraction of sp³-hybridized carbons (Fsp3) is 0.619. The molecule has 0 N–H and O–H groups in total. The van der Waals surface area contributed by atoms with Crippen LogP contribution in [0.15, 0.2) is 35.6 Å². The van der Waals surface area contributed by atoms with Crippen molar-refractivity contribution in [1.29, 1.82) is 0 Å². The van der Waals surface area contributed by atoms with Crippen LogP contribution in [0, 0.1) is 0 Å². The smallest absolute Gasteiger partial charge is 0.246 e. The van der Waals surface area contributed by atoms with Gasteiger partial charge in [-0.2, -0.15) is 9.40 Å². The molecule has 0 spiro atoms. The predicted octanol–water partition coefficient (Wildman–Crippen LogP) is 2.18. The van der Waals surface area contributed by atoms with Crippen LogP contribution in [0.4, 0.5) is 5.82 Å². The van der Waals surface area contributed by atoms with Crippen molar-refractivity contribution < 1.29 is 8.42 Å². The topological polar surface area (TPSA) is 74.6 Å². The Kier molecular flexibility index (Phi) is 6.70. The maximum absolute atomic E-state index is 13.3. The van der Waals surface area contributed by atoms with E-state index in [2.05, 4.69) is 33.0 Å². The third-order valence-electron chi connectivity index (χ3n) is 5.99. The van der Waals surface area contributed by atoms with E-state index in [1.807, 2.05) is 10.9 Å². The highest BCUT2D eigenvalue weighted by molar-refractivity contribution is 7.89. The van der Waals surface area contributed by atoms with E-state index in [0.29, 0.717) is 23.8 Å². The molecule has 0 atom stereocenters. The average molecular weight is 433 g/mol. The minimum atomic E-state index is -3.51. The average Bonchev–Trinajstić information content (AvgIpc) is 3.11. The van der Waals surface area contributed by atoms with E-state index < -0.39 is 10.0 Å². The molecule has 2 aliphatic heterocycles. The van der Waals surface area contributed by atoms with E-state index in [1.165, 1.54) is 5.56 Å². The van der Waals surface area contributed by atoms with E-state index in [4.69, 9.17) is 0 Å². The molecule has 0 saturated carbocycles. The van der Waals surface area contributed by atoms with Crippen molar-refractivity contribution >= 4 is 15.8 Å². The maximum Gasteiger partial charge on any atom is 0.246 e. The van der Waals surface area contributed by atoms with Crippen molar-refractivity contribution in [3.8, 4) is 0 Å². The highest BCUT2D eigenvalue weighted by Crippen LogP contribution is 2.28. The summed E-state index contributed by atoms with van der Waals surface area (Å²) in [6.45, 7) is 8.48. The van der Waals surface area contributed by atoms with E-state index in [1.54, 1.807) is 22.6 Å². The minimum Gasteiger partial charge on any atom is -0.354 e. The summed E-state index contributed by atoms with van der Waals surface area (Å²) in [4.78, 5) is 9.43. The molecule has 2 aliphatic rings. The van der Waals surface area contributed by atoms with Gasteiger partial charge >= 0.3 is 0 Å². The van der Waals surface area contributed by atoms with Crippen molar-refractivity contribution in [3.63, 3.8) is 0 Å². The van der Waals surface area contributed by atoms with Gasteiger partial charge in [-0.05, 0) is 38.3 Å². The quantitative estimate of drug-likeness (QED) is 0.697. The van der Waals surface area contributed by atoms with Crippen LogP contribution in [0.25, 0.3) is 0 Å². The van der Waals surface area contributed by atoms with E-state index in [9.17, 15) is 8.42 Å². The Bertz CT molecular complexity index is 938. The Balaban J connectivity index is 1.48. The molecule has 2 saturated heterocycles. The number of piperidine rings is 1. The van der Waals surface area contributed by atoms with Crippen molar-refractivity contribution in [1.82, 2.24) is 24.0 Å². The van der Waals surface area contributed by atoms with Gasteiger partial charge in [-0.15, -0.1) is 0 Å². The van der Waals surface area contributed by atoms with Gasteiger partial charge in [0.2, 0.25) is 10.0 Å². The minimum absolute atomic E-state index is 0.351. The van der Waals surface area contributed by atoms with Crippen LogP contribution in [0.5, 0.6) is 0 Å². The number of rotatable bonds is 6. The summed E-state index contributed by atoms with van der Waals surface area (Å²) in [5.74, 6) is 0.601. The van der Waals surface area contributed by atoms with Crippen LogP contribution >= 0.6 is 0 Å². The summed E-state index contributed by atoms with van der Waals surface area (Å²) in [6.07, 6.45) is 9.68. The molecule has 0 amide bonds.